The highest BCUT2D eigenvalue weighted by atomic mass is 79.9. The summed E-state index contributed by atoms with van der Waals surface area (Å²) in [4.78, 5) is 14.9. The van der Waals surface area contributed by atoms with Crippen LogP contribution in [-0.2, 0) is 6.54 Å². The summed E-state index contributed by atoms with van der Waals surface area (Å²) in [5.41, 5.74) is 2.12. The second-order valence-electron chi connectivity index (χ2n) is 9.96. The van der Waals surface area contributed by atoms with E-state index < -0.39 is 11.8 Å². The third-order valence-corrected chi connectivity index (χ3v) is 7.43. The van der Waals surface area contributed by atoms with Crippen molar-refractivity contribution in [2.45, 2.75) is 90.5 Å². The lowest BCUT2D eigenvalue weighted by atomic mass is 10.1. The van der Waals surface area contributed by atoms with Crippen LogP contribution in [0, 0.1) is 5.82 Å². The van der Waals surface area contributed by atoms with Gasteiger partial charge in [-0.2, -0.15) is 0 Å². The fourth-order valence-electron chi connectivity index (χ4n) is 4.55. The first-order chi connectivity index (χ1) is 18.7. The normalized spacial score (nSPS) is 12.3. The van der Waals surface area contributed by atoms with Crippen molar-refractivity contribution in [1.82, 2.24) is 4.90 Å². The molecule has 1 heterocycles. The molecule has 2 aromatic rings. The quantitative estimate of drug-likeness (QED) is 0.163. The molecule has 216 valence electrons. The molecular formula is C31H45BrFN3O2S. The Labute approximate surface area is 249 Å². The Morgan fingerprint density at radius 3 is 2.26 bits per heavy atom. The van der Waals surface area contributed by atoms with Gasteiger partial charge >= 0.3 is 6.03 Å². The van der Waals surface area contributed by atoms with E-state index in [2.05, 4.69) is 34.1 Å². The van der Waals surface area contributed by atoms with Gasteiger partial charge in [0.15, 0.2) is 11.6 Å². The number of carbonyl (C=O) groups excluding carboxylic acids is 1. The highest BCUT2D eigenvalue weighted by Gasteiger charge is 2.13. The maximum absolute atomic E-state index is 14.5. The fourth-order valence-corrected chi connectivity index (χ4v) is 5.26. The molecule has 2 aromatic carbocycles. The van der Waals surface area contributed by atoms with Gasteiger partial charge < -0.3 is 20.3 Å². The van der Waals surface area contributed by atoms with E-state index >= 15 is 0 Å². The molecule has 0 spiro atoms. The van der Waals surface area contributed by atoms with Gasteiger partial charge in [-0.25, -0.2) is 9.18 Å². The summed E-state index contributed by atoms with van der Waals surface area (Å²) in [7, 11) is 0. The summed E-state index contributed by atoms with van der Waals surface area (Å²) < 4.78 is 20.3. The molecule has 0 unspecified atom stereocenters. The number of anilines is 2. The summed E-state index contributed by atoms with van der Waals surface area (Å²) in [6.07, 6.45) is 17.2. The first-order valence-electron chi connectivity index (χ1n) is 14.3. The Bertz CT molecular complexity index is 1010. The van der Waals surface area contributed by atoms with Crippen LogP contribution < -0.4 is 15.4 Å². The highest BCUT2D eigenvalue weighted by Crippen LogP contribution is 2.28. The number of halogens is 2. The maximum Gasteiger partial charge on any atom is 0.323 e. The lowest BCUT2D eigenvalue weighted by Crippen LogP contribution is -2.20. The number of unbranched alkanes of at least 4 members (excludes halogenated alkanes) is 11. The molecule has 1 aliphatic heterocycles. The molecule has 0 radical (unpaired) electrons. The Morgan fingerprint density at radius 2 is 1.59 bits per heavy atom. The van der Waals surface area contributed by atoms with Gasteiger partial charge in [0, 0.05) is 18.4 Å². The molecule has 0 atom stereocenters. The zero-order valence-electron chi connectivity index (χ0n) is 23.3. The highest BCUT2D eigenvalue weighted by molar-refractivity contribution is 8.93. The van der Waals surface area contributed by atoms with Crippen molar-refractivity contribution in [1.29, 1.82) is 0 Å². The number of hydrogen-bond donors (Lipinski definition) is 2. The van der Waals surface area contributed by atoms with E-state index in [9.17, 15) is 9.18 Å². The Kier molecular flexibility index (Phi) is 16.8. The van der Waals surface area contributed by atoms with Crippen LogP contribution in [0.25, 0.3) is 0 Å². The van der Waals surface area contributed by atoms with E-state index in [4.69, 9.17) is 4.74 Å². The molecular weight excluding hydrogens is 577 g/mol. The molecule has 2 N–H and O–H groups in total. The Morgan fingerprint density at radius 1 is 0.923 bits per heavy atom. The number of para-hydroxylation sites is 1. The van der Waals surface area contributed by atoms with Crippen molar-refractivity contribution in [2.75, 3.05) is 23.1 Å². The van der Waals surface area contributed by atoms with Gasteiger partial charge in [-0.3, -0.25) is 0 Å². The van der Waals surface area contributed by atoms with E-state index in [0.717, 1.165) is 30.8 Å². The topological polar surface area (TPSA) is 53.6 Å². The van der Waals surface area contributed by atoms with Gasteiger partial charge in [-0.05, 0) is 41.7 Å². The number of thioether (sulfide) groups is 1. The minimum absolute atomic E-state index is 0. The van der Waals surface area contributed by atoms with Gasteiger partial charge in [0.1, 0.15) is 0 Å². The fraction of sp³-hybridized carbons (Fsp3) is 0.516. The number of carbonyl (C=O) groups is 1. The predicted molar refractivity (Wildman–Crippen MR) is 170 cm³/mol. The Hall–Kier alpha value is -2.19. The van der Waals surface area contributed by atoms with Crippen molar-refractivity contribution >= 4 is 46.1 Å². The van der Waals surface area contributed by atoms with Crippen molar-refractivity contribution < 1.29 is 13.9 Å². The number of ether oxygens (including phenoxy) is 1. The monoisotopic (exact) mass is 621 g/mol. The summed E-state index contributed by atoms with van der Waals surface area (Å²) >= 11 is 1.76. The zero-order valence-corrected chi connectivity index (χ0v) is 25.8. The second kappa shape index (κ2) is 19.8. The number of nitrogens with zero attached hydrogens (tertiary/aromatic N) is 1. The third kappa shape index (κ3) is 13.1. The zero-order chi connectivity index (χ0) is 26.8. The van der Waals surface area contributed by atoms with Crippen LogP contribution in [0.3, 0.4) is 0 Å². The Balaban J connectivity index is 0.00000533. The molecule has 2 amide bonds. The number of rotatable bonds is 18. The average Bonchev–Trinajstić information content (AvgIpc) is 3.41. The smallest absolute Gasteiger partial charge is 0.323 e. The van der Waals surface area contributed by atoms with Crippen LogP contribution in [0.2, 0.25) is 0 Å². The molecule has 3 rings (SSSR count). The van der Waals surface area contributed by atoms with Crippen LogP contribution in [0.5, 0.6) is 5.75 Å². The summed E-state index contributed by atoms with van der Waals surface area (Å²) in [5.74, 6) is 0.554. The molecule has 0 aliphatic carbocycles. The molecule has 0 fully saturated rings. The van der Waals surface area contributed by atoms with Gasteiger partial charge in [-0.1, -0.05) is 95.8 Å². The molecule has 0 bridgehead atoms. The minimum Gasteiger partial charge on any atom is -0.488 e. The van der Waals surface area contributed by atoms with Crippen LogP contribution >= 0.6 is 28.7 Å². The number of hydrogen-bond acceptors (Lipinski definition) is 4. The van der Waals surface area contributed by atoms with Crippen LogP contribution in [0.15, 0.2) is 54.1 Å². The third-order valence-electron chi connectivity index (χ3n) is 6.64. The molecule has 0 saturated heterocycles. The van der Waals surface area contributed by atoms with Gasteiger partial charge in [0.2, 0.25) is 0 Å². The summed E-state index contributed by atoms with van der Waals surface area (Å²) in [5, 5.41) is 7.67. The molecule has 0 aromatic heterocycles. The van der Waals surface area contributed by atoms with E-state index in [1.54, 1.807) is 23.9 Å². The number of amides is 2. The standard InChI is InChI=1S/C31H44FN3O2S.BrH/c1-2-3-4-5-6-7-8-9-10-11-12-13-21-37-30-28(32)18-15-19-29(30)34-31(36)33-27-17-14-16-26(23-27)24-35-20-22-38-25-35;/h14-20,22-23H,2-13,21,24-25H2,1H3,(H2,33,34,36);1H. The van der Waals surface area contributed by atoms with Crippen molar-refractivity contribution in [2.24, 2.45) is 0 Å². The lowest BCUT2D eigenvalue weighted by molar-refractivity contribution is 0.261. The number of benzene rings is 2. The molecule has 0 saturated carbocycles. The largest absolute Gasteiger partial charge is 0.488 e. The first-order valence-corrected chi connectivity index (χ1v) is 15.3. The van der Waals surface area contributed by atoms with Crippen LogP contribution in [0.1, 0.15) is 89.5 Å². The van der Waals surface area contributed by atoms with E-state index in [1.165, 1.54) is 70.3 Å². The van der Waals surface area contributed by atoms with E-state index in [-0.39, 0.29) is 22.7 Å². The second-order valence-corrected chi connectivity index (χ2v) is 10.8. The molecule has 39 heavy (non-hydrogen) atoms. The average molecular weight is 623 g/mol. The molecule has 8 heteroatoms. The van der Waals surface area contributed by atoms with Gasteiger partial charge in [0.05, 0.1) is 18.2 Å². The number of nitrogens with one attached hydrogen (secondary N) is 2. The maximum atomic E-state index is 14.5. The van der Waals surface area contributed by atoms with Crippen molar-refractivity contribution in [3.05, 3.63) is 65.5 Å². The van der Waals surface area contributed by atoms with Crippen LogP contribution in [0.4, 0.5) is 20.6 Å². The van der Waals surface area contributed by atoms with Gasteiger partial charge in [-0.15, -0.1) is 28.7 Å². The van der Waals surface area contributed by atoms with Gasteiger partial charge in [0.25, 0.3) is 0 Å². The van der Waals surface area contributed by atoms with Crippen molar-refractivity contribution in [3.8, 4) is 5.75 Å². The summed E-state index contributed by atoms with van der Waals surface area (Å²) in [6.45, 7) is 3.47. The molecule has 1 aliphatic rings. The molecule has 5 nitrogen and oxygen atoms in total. The minimum atomic E-state index is -0.472. The van der Waals surface area contributed by atoms with E-state index in [0.29, 0.717) is 18.0 Å². The van der Waals surface area contributed by atoms with E-state index in [1.807, 2.05) is 24.3 Å². The van der Waals surface area contributed by atoms with Crippen molar-refractivity contribution in [3.63, 3.8) is 0 Å². The first kappa shape index (κ1) is 33.0. The van der Waals surface area contributed by atoms with Crippen LogP contribution in [-0.4, -0.2) is 23.4 Å². The lowest BCUT2D eigenvalue weighted by Gasteiger charge is -2.16. The predicted octanol–water partition coefficient (Wildman–Crippen LogP) is 10.1. The summed E-state index contributed by atoms with van der Waals surface area (Å²) in [6, 6.07) is 11.9. The number of urea groups is 1. The SMILES string of the molecule is Br.CCCCCCCCCCCCCCOc1c(F)cccc1NC(=O)Nc1cccc(CN2C=CSC2)c1.